The Kier molecular flexibility index (Phi) is 3.19. The lowest BCUT2D eigenvalue weighted by Crippen LogP contribution is -1.98. The van der Waals surface area contributed by atoms with Gasteiger partial charge in [0.15, 0.2) is 0 Å². The molecule has 0 fully saturated rings. The molecule has 0 heterocycles. The van der Waals surface area contributed by atoms with Gasteiger partial charge in [0.1, 0.15) is 5.75 Å². The van der Waals surface area contributed by atoms with Crippen LogP contribution in [0.2, 0.25) is 0 Å². The second-order valence-electron chi connectivity index (χ2n) is 3.76. The Morgan fingerprint density at radius 1 is 1.06 bits per heavy atom. The molecule has 2 aliphatic carbocycles. The van der Waals surface area contributed by atoms with Gasteiger partial charge < -0.3 is 15.8 Å². The zero-order valence-corrected chi connectivity index (χ0v) is 10.0. The quantitative estimate of drug-likeness (QED) is 0.663. The van der Waals surface area contributed by atoms with Gasteiger partial charge in [0, 0.05) is 7.05 Å². The van der Waals surface area contributed by atoms with Gasteiger partial charge in [-0.3, -0.25) is 0 Å². The number of methoxy groups -OCH3 is 1. The van der Waals surface area contributed by atoms with E-state index in [9.17, 15) is 0 Å². The predicted molar refractivity (Wildman–Crippen MR) is 72.4 cm³/mol. The predicted octanol–water partition coefficient (Wildman–Crippen LogP) is 2.99. The molecular formula is C14H16N2O. The number of anilines is 2. The van der Waals surface area contributed by atoms with Gasteiger partial charge in [0.2, 0.25) is 0 Å². The number of fused-ring (bicyclic) bond motifs is 1. The molecule has 3 heteroatoms. The zero-order valence-electron chi connectivity index (χ0n) is 10.0. The van der Waals surface area contributed by atoms with E-state index in [1.165, 1.54) is 11.1 Å². The van der Waals surface area contributed by atoms with E-state index in [0.29, 0.717) is 5.69 Å². The van der Waals surface area contributed by atoms with Crippen molar-refractivity contribution in [3.05, 3.63) is 42.5 Å². The minimum absolute atomic E-state index is 0.701. The number of ether oxygens (including phenoxy) is 1. The molecule has 3 rings (SSSR count). The average Bonchev–Trinajstić information content (AvgIpc) is 2.96. The molecule has 1 aromatic carbocycles. The number of hydrogen-bond donors (Lipinski definition) is 2. The van der Waals surface area contributed by atoms with Gasteiger partial charge in [0.05, 0.1) is 18.5 Å². The minimum Gasteiger partial charge on any atom is -0.495 e. The molecule has 17 heavy (non-hydrogen) atoms. The van der Waals surface area contributed by atoms with Gasteiger partial charge in [-0.1, -0.05) is 24.3 Å². The van der Waals surface area contributed by atoms with Crippen molar-refractivity contribution < 1.29 is 4.74 Å². The number of rotatable bonds is 2. The molecule has 1 aromatic rings. The van der Waals surface area contributed by atoms with Crippen molar-refractivity contribution in [1.82, 2.24) is 0 Å². The largest absolute Gasteiger partial charge is 0.495 e. The van der Waals surface area contributed by atoms with Crippen LogP contribution in [-0.4, -0.2) is 14.2 Å². The van der Waals surface area contributed by atoms with Crippen molar-refractivity contribution in [2.75, 3.05) is 25.2 Å². The Balaban J connectivity index is 0.000000148. The second kappa shape index (κ2) is 4.78. The molecule has 0 aromatic heterocycles. The number of hydrogen-bond acceptors (Lipinski definition) is 3. The summed E-state index contributed by atoms with van der Waals surface area (Å²) in [6, 6.07) is 14.0. The number of nitrogen functional groups attached to an aromatic ring is 1. The summed E-state index contributed by atoms with van der Waals surface area (Å²) in [5, 5.41) is 2.96. The number of nitrogens with two attached hydrogens (primary N) is 1. The number of nitrogens with one attached hydrogen (secondary N) is 1. The first-order chi connectivity index (χ1) is 8.26. The fourth-order valence-electron chi connectivity index (χ4n) is 1.66. The molecule has 88 valence electrons. The summed E-state index contributed by atoms with van der Waals surface area (Å²) in [7, 11) is 3.43. The zero-order chi connectivity index (χ0) is 12.3. The van der Waals surface area contributed by atoms with Gasteiger partial charge >= 0.3 is 0 Å². The van der Waals surface area contributed by atoms with Crippen LogP contribution >= 0.6 is 0 Å². The normalized spacial score (nSPS) is 10.0. The Hall–Kier alpha value is -2.16. The molecule has 0 unspecified atom stereocenters. The first-order valence-corrected chi connectivity index (χ1v) is 5.47. The highest BCUT2D eigenvalue weighted by Crippen LogP contribution is 2.32. The van der Waals surface area contributed by atoms with E-state index in [2.05, 4.69) is 29.6 Å². The smallest absolute Gasteiger partial charge is 0.144 e. The lowest BCUT2D eigenvalue weighted by molar-refractivity contribution is 0.417. The van der Waals surface area contributed by atoms with Crippen LogP contribution in [0.25, 0.3) is 11.1 Å². The third-order valence-corrected chi connectivity index (χ3v) is 2.64. The van der Waals surface area contributed by atoms with E-state index in [1.807, 2.05) is 25.2 Å². The molecule has 0 radical (unpaired) electrons. The SMILES string of the molecule is CNc1c(N)cccc1OC.c1cc2cc-2c1. The van der Waals surface area contributed by atoms with E-state index in [4.69, 9.17) is 10.5 Å². The van der Waals surface area contributed by atoms with Crippen LogP contribution in [0.3, 0.4) is 0 Å². The van der Waals surface area contributed by atoms with Gasteiger partial charge in [0.25, 0.3) is 0 Å². The molecule has 0 atom stereocenters. The number of para-hydroxylation sites is 1. The van der Waals surface area contributed by atoms with Crippen molar-refractivity contribution in [3.63, 3.8) is 0 Å². The third-order valence-electron chi connectivity index (χ3n) is 2.64. The lowest BCUT2D eigenvalue weighted by Gasteiger charge is -2.09. The molecule has 2 aliphatic rings. The maximum Gasteiger partial charge on any atom is 0.144 e. The molecule has 0 aliphatic heterocycles. The van der Waals surface area contributed by atoms with Crippen LogP contribution in [0.5, 0.6) is 5.75 Å². The highest BCUT2D eigenvalue weighted by molar-refractivity contribution is 5.80. The van der Waals surface area contributed by atoms with Gasteiger partial charge in [-0.2, -0.15) is 0 Å². The van der Waals surface area contributed by atoms with Crippen LogP contribution < -0.4 is 15.8 Å². The topological polar surface area (TPSA) is 47.3 Å². The molecular weight excluding hydrogens is 212 g/mol. The minimum atomic E-state index is 0.701. The maximum atomic E-state index is 5.66. The van der Waals surface area contributed by atoms with E-state index in [-0.39, 0.29) is 0 Å². The van der Waals surface area contributed by atoms with E-state index < -0.39 is 0 Å². The third kappa shape index (κ3) is 2.50. The van der Waals surface area contributed by atoms with E-state index >= 15 is 0 Å². The highest BCUT2D eigenvalue weighted by atomic mass is 16.5. The van der Waals surface area contributed by atoms with Crippen molar-refractivity contribution in [2.45, 2.75) is 0 Å². The number of benzene rings is 2. The molecule has 0 amide bonds. The lowest BCUT2D eigenvalue weighted by atomic mass is 10.2. The van der Waals surface area contributed by atoms with Crippen LogP contribution in [0.1, 0.15) is 0 Å². The summed E-state index contributed by atoms with van der Waals surface area (Å²) < 4.78 is 5.07. The molecule has 3 nitrogen and oxygen atoms in total. The van der Waals surface area contributed by atoms with Crippen molar-refractivity contribution in [1.29, 1.82) is 0 Å². The van der Waals surface area contributed by atoms with E-state index in [0.717, 1.165) is 11.4 Å². The Morgan fingerprint density at radius 3 is 2.06 bits per heavy atom. The fourth-order valence-corrected chi connectivity index (χ4v) is 1.66. The van der Waals surface area contributed by atoms with Crippen molar-refractivity contribution >= 4 is 11.4 Å². The maximum absolute atomic E-state index is 5.66. The second-order valence-corrected chi connectivity index (χ2v) is 3.76. The first kappa shape index (κ1) is 11.3. The molecule has 3 N–H and O–H groups in total. The van der Waals surface area contributed by atoms with Crippen molar-refractivity contribution in [3.8, 4) is 16.9 Å². The van der Waals surface area contributed by atoms with Crippen LogP contribution in [-0.2, 0) is 0 Å². The van der Waals surface area contributed by atoms with Gasteiger partial charge in [-0.15, -0.1) is 0 Å². The molecule has 0 saturated carbocycles. The van der Waals surface area contributed by atoms with E-state index in [1.54, 1.807) is 7.11 Å². The fraction of sp³-hybridized carbons (Fsp3) is 0.143. The summed E-state index contributed by atoms with van der Waals surface area (Å²) in [5.41, 5.74) is 10.1. The monoisotopic (exact) mass is 228 g/mol. The summed E-state index contributed by atoms with van der Waals surface area (Å²) in [6.07, 6.45) is 0. The van der Waals surface area contributed by atoms with Crippen LogP contribution in [0.4, 0.5) is 11.4 Å². The van der Waals surface area contributed by atoms with Crippen molar-refractivity contribution in [2.24, 2.45) is 0 Å². The summed E-state index contributed by atoms with van der Waals surface area (Å²) >= 11 is 0. The summed E-state index contributed by atoms with van der Waals surface area (Å²) in [6.45, 7) is 0. The standard InChI is InChI=1S/C8H12N2O.C6H4/c1-10-8-6(9)4-3-5-7(8)11-2;1-2-5-4-6(5)3-1/h3-5,10H,9H2,1-2H3;1-4H. The summed E-state index contributed by atoms with van der Waals surface area (Å²) in [4.78, 5) is 0. The van der Waals surface area contributed by atoms with Crippen LogP contribution in [0.15, 0.2) is 42.5 Å². The Morgan fingerprint density at radius 2 is 1.71 bits per heavy atom. The molecule has 0 bridgehead atoms. The first-order valence-electron chi connectivity index (χ1n) is 5.47. The van der Waals surface area contributed by atoms with Crippen LogP contribution in [0, 0.1) is 0 Å². The average molecular weight is 228 g/mol. The molecule has 0 spiro atoms. The molecule has 0 saturated heterocycles. The summed E-state index contributed by atoms with van der Waals surface area (Å²) in [5.74, 6) is 0.771. The highest BCUT2D eigenvalue weighted by Gasteiger charge is 2.07. The van der Waals surface area contributed by atoms with Gasteiger partial charge in [-0.05, 0) is 29.3 Å². The Labute approximate surface area is 101 Å². The Bertz CT molecular complexity index is 506. The van der Waals surface area contributed by atoms with Gasteiger partial charge in [-0.25, -0.2) is 0 Å².